The summed E-state index contributed by atoms with van der Waals surface area (Å²) in [7, 11) is 0. The van der Waals surface area contributed by atoms with Crippen LogP contribution in [-0.4, -0.2) is 42.9 Å². The molecule has 0 fully saturated rings. The zero-order chi connectivity index (χ0) is 29.5. The minimum absolute atomic E-state index is 0.103. The number of pyridine rings is 1. The van der Waals surface area contributed by atoms with Crippen LogP contribution in [0.2, 0.25) is 0 Å². The van der Waals surface area contributed by atoms with Gasteiger partial charge in [-0.05, 0) is 79.3 Å². The van der Waals surface area contributed by atoms with E-state index in [0.29, 0.717) is 47.7 Å². The van der Waals surface area contributed by atoms with Gasteiger partial charge in [0.25, 0.3) is 5.91 Å². The predicted octanol–water partition coefficient (Wildman–Crippen LogP) is 5.67. The molecule has 2 atom stereocenters. The molecule has 4 rings (SSSR count). The topological polar surface area (TPSA) is 100 Å². The number of hydrogen-bond donors (Lipinski definition) is 3. The van der Waals surface area contributed by atoms with Gasteiger partial charge < -0.3 is 20.1 Å². The van der Waals surface area contributed by atoms with Crippen molar-refractivity contribution in [2.45, 2.75) is 64.3 Å². The SMILES string of the molecule is [CH2]CC(O)CC(O)CCn1c(-c2ccc(F)cc2)nc(C(=O)NCc2ccnc(-c3ccccc3F)c2)c1C(C)C. The lowest BCUT2D eigenvalue weighted by Gasteiger charge is -2.19. The Morgan fingerprint density at radius 3 is 2.46 bits per heavy atom. The van der Waals surface area contributed by atoms with Crippen molar-refractivity contribution in [2.75, 3.05) is 0 Å². The third-order valence-electron chi connectivity index (χ3n) is 6.86. The molecular weight excluding hydrogens is 526 g/mol. The van der Waals surface area contributed by atoms with Crippen molar-refractivity contribution < 1.29 is 23.8 Å². The van der Waals surface area contributed by atoms with E-state index in [-0.39, 0.29) is 30.4 Å². The Kier molecular flexibility index (Phi) is 9.96. The second kappa shape index (κ2) is 13.6. The standard InChI is InChI=1S/C32H35F2N4O3/c1-4-24(39)18-25(40)14-16-38-30(20(2)3)29(37-31(38)22-9-11-23(33)12-10-22)32(41)36-19-21-13-15-35-28(17-21)26-7-5-6-8-27(26)34/h5-13,15,17,20,24-25,39-40H,1,4,14,16,18-19H2,2-3H3,(H,36,41). The third kappa shape index (κ3) is 7.42. The molecule has 215 valence electrons. The maximum atomic E-state index is 14.3. The Balaban J connectivity index is 1.62. The summed E-state index contributed by atoms with van der Waals surface area (Å²) in [6.07, 6.45) is 0.892. The van der Waals surface area contributed by atoms with E-state index < -0.39 is 23.9 Å². The van der Waals surface area contributed by atoms with Crippen molar-refractivity contribution in [2.24, 2.45) is 0 Å². The fourth-order valence-electron chi connectivity index (χ4n) is 4.76. The summed E-state index contributed by atoms with van der Waals surface area (Å²) in [6.45, 7) is 8.07. The molecule has 0 aliphatic carbocycles. The van der Waals surface area contributed by atoms with Crippen LogP contribution in [0.5, 0.6) is 0 Å². The van der Waals surface area contributed by atoms with Crippen molar-refractivity contribution >= 4 is 5.91 Å². The van der Waals surface area contributed by atoms with Gasteiger partial charge in [0.05, 0.1) is 23.6 Å². The van der Waals surface area contributed by atoms with Gasteiger partial charge in [0, 0.05) is 30.4 Å². The van der Waals surface area contributed by atoms with E-state index >= 15 is 0 Å². The summed E-state index contributed by atoms with van der Waals surface area (Å²) >= 11 is 0. The van der Waals surface area contributed by atoms with Crippen LogP contribution in [0.25, 0.3) is 22.6 Å². The monoisotopic (exact) mass is 561 g/mol. The summed E-state index contributed by atoms with van der Waals surface area (Å²) in [5.41, 5.74) is 3.10. The van der Waals surface area contributed by atoms with Crippen LogP contribution in [0.15, 0.2) is 66.9 Å². The molecule has 0 saturated heterocycles. The number of aliphatic hydroxyl groups is 2. The van der Waals surface area contributed by atoms with Crippen LogP contribution < -0.4 is 5.32 Å². The van der Waals surface area contributed by atoms with Crippen molar-refractivity contribution in [1.82, 2.24) is 19.9 Å². The first-order valence-electron chi connectivity index (χ1n) is 13.7. The van der Waals surface area contributed by atoms with Crippen molar-refractivity contribution in [3.63, 3.8) is 0 Å². The molecule has 7 nitrogen and oxygen atoms in total. The molecule has 9 heteroatoms. The molecular formula is C32H35F2N4O3. The Bertz CT molecular complexity index is 1470. The van der Waals surface area contributed by atoms with Gasteiger partial charge in [-0.3, -0.25) is 9.78 Å². The number of benzene rings is 2. The van der Waals surface area contributed by atoms with Crippen molar-refractivity contribution in [3.05, 3.63) is 102 Å². The molecule has 2 aromatic heterocycles. The number of rotatable bonds is 12. The Hall–Kier alpha value is -3.95. The van der Waals surface area contributed by atoms with Crippen molar-refractivity contribution in [1.29, 1.82) is 0 Å². The molecule has 1 amide bonds. The zero-order valence-corrected chi connectivity index (χ0v) is 23.2. The lowest BCUT2D eigenvalue weighted by Crippen LogP contribution is -2.25. The maximum absolute atomic E-state index is 14.3. The summed E-state index contributed by atoms with van der Waals surface area (Å²) in [5, 5.41) is 23.3. The number of carbonyl (C=O) groups excluding carboxylic acids is 1. The first-order chi connectivity index (χ1) is 19.7. The number of nitrogens with zero attached hydrogens (tertiary/aromatic N) is 3. The Labute approximate surface area is 238 Å². The molecule has 2 unspecified atom stereocenters. The zero-order valence-electron chi connectivity index (χ0n) is 23.2. The quantitative estimate of drug-likeness (QED) is 0.207. The summed E-state index contributed by atoms with van der Waals surface area (Å²) < 4.78 is 29.9. The van der Waals surface area contributed by atoms with Gasteiger partial charge in [-0.1, -0.05) is 32.9 Å². The average molecular weight is 562 g/mol. The molecule has 2 heterocycles. The molecule has 2 aromatic carbocycles. The van der Waals surface area contributed by atoms with Gasteiger partial charge in [-0.15, -0.1) is 0 Å². The van der Waals surface area contributed by atoms with E-state index in [0.717, 1.165) is 5.56 Å². The van der Waals surface area contributed by atoms with E-state index in [2.05, 4.69) is 17.2 Å². The molecule has 3 N–H and O–H groups in total. The number of carbonyl (C=O) groups is 1. The van der Waals surface area contributed by atoms with Gasteiger partial charge in [-0.25, -0.2) is 13.8 Å². The van der Waals surface area contributed by atoms with Gasteiger partial charge in [0.1, 0.15) is 23.2 Å². The molecule has 0 spiro atoms. The lowest BCUT2D eigenvalue weighted by atomic mass is 10.1. The average Bonchev–Trinajstić information content (AvgIpc) is 3.35. The van der Waals surface area contributed by atoms with Crippen LogP contribution in [0.3, 0.4) is 0 Å². The number of amides is 1. The second-order valence-electron chi connectivity index (χ2n) is 10.3. The minimum Gasteiger partial charge on any atom is -0.393 e. The minimum atomic E-state index is -0.775. The van der Waals surface area contributed by atoms with E-state index in [9.17, 15) is 23.8 Å². The molecule has 0 aliphatic heterocycles. The van der Waals surface area contributed by atoms with Crippen LogP contribution >= 0.6 is 0 Å². The molecule has 0 saturated carbocycles. The largest absolute Gasteiger partial charge is 0.393 e. The number of aromatic nitrogens is 3. The highest BCUT2D eigenvalue weighted by molar-refractivity contribution is 5.94. The number of nitrogens with one attached hydrogen (secondary N) is 1. The highest BCUT2D eigenvalue weighted by Gasteiger charge is 2.26. The van der Waals surface area contributed by atoms with Crippen LogP contribution in [0.1, 0.15) is 60.8 Å². The van der Waals surface area contributed by atoms with E-state index in [4.69, 9.17) is 4.98 Å². The molecule has 1 radical (unpaired) electrons. The van der Waals surface area contributed by atoms with Crippen LogP contribution in [0.4, 0.5) is 8.78 Å². The van der Waals surface area contributed by atoms with E-state index in [1.165, 1.54) is 18.2 Å². The third-order valence-corrected chi connectivity index (χ3v) is 6.86. The Morgan fingerprint density at radius 2 is 1.78 bits per heavy atom. The lowest BCUT2D eigenvalue weighted by molar-refractivity contribution is 0.0742. The number of imidazole rings is 1. The number of hydrogen-bond acceptors (Lipinski definition) is 5. The normalized spacial score (nSPS) is 12.9. The van der Waals surface area contributed by atoms with Gasteiger partial charge in [0.15, 0.2) is 0 Å². The van der Waals surface area contributed by atoms with Crippen LogP contribution in [0, 0.1) is 18.6 Å². The molecule has 4 aromatic rings. The fourth-order valence-corrected chi connectivity index (χ4v) is 4.76. The number of halogens is 2. The highest BCUT2D eigenvalue weighted by atomic mass is 19.1. The van der Waals surface area contributed by atoms with Gasteiger partial charge in [-0.2, -0.15) is 0 Å². The summed E-state index contributed by atoms with van der Waals surface area (Å²) in [5.74, 6) is -0.789. The summed E-state index contributed by atoms with van der Waals surface area (Å²) in [4.78, 5) is 22.5. The smallest absolute Gasteiger partial charge is 0.272 e. The van der Waals surface area contributed by atoms with E-state index in [1.54, 1.807) is 48.7 Å². The fraction of sp³-hybridized carbons (Fsp3) is 0.312. The second-order valence-corrected chi connectivity index (χ2v) is 10.3. The number of aliphatic hydroxyl groups excluding tert-OH is 2. The van der Waals surface area contributed by atoms with E-state index in [1.807, 2.05) is 18.4 Å². The molecule has 0 bridgehead atoms. The van der Waals surface area contributed by atoms with Gasteiger partial charge in [0.2, 0.25) is 0 Å². The first-order valence-corrected chi connectivity index (χ1v) is 13.7. The highest BCUT2D eigenvalue weighted by Crippen LogP contribution is 2.29. The Morgan fingerprint density at radius 1 is 1.05 bits per heavy atom. The summed E-state index contributed by atoms with van der Waals surface area (Å²) in [6, 6.07) is 15.7. The van der Waals surface area contributed by atoms with Crippen LogP contribution in [-0.2, 0) is 13.1 Å². The molecule has 41 heavy (non-hydrogen) atoms. The molecule has 0 aliphatic rings. The predicted molar refractivity (Wildman–Crippen MR) is 154 cm³/mol. The van der Waals surface area contributed by atoms with Crippen molar-refractivity contribution in [3.8, 4) is 22.6 Å². The maximum Gasteiger partial charge on any atom is 0.272 e. The van der Waals surface area contributed by atoms with Gasteiger partial charge >= 0.3 is 0 Å². The first kappa shape index (κ1) is 30.0.